The fourth-order valence-electron chi connectivity index (χ4n) is 5.49. The van der Waals surface area contributed by atoms with Crippen molar-refractivity contribution in [3.8, 4) is 0 Å². The first-order valence-corrected chi connectivity index (χ1v) is 11.7. The second-order valence-corrected chi connectivity index (χ2v) is 12.8. The van der Waals surface area contributed by atoms with Gasteiger partial charge < -0.3 is 5.73 Å². The van der Waals surface area contributed by atoms with Gasteiger partial charge in [0.05, 0.1) is 0 Å². The number of nitrogens with two attached hydrogens (primary N) is 1. The number of hydrogen-bond acceptors (Lipinski definition) is 1. The molecule has 0 aliphatic heterocycles. The van der Waals surface area contributed by atoms with Crippen molar-refractivity contribution in [3.05, 3.63) is 0 Å². The van der Waals surface area contributed by atoms with Gasteiger partial charge in [0.15, 0.2) is 0 Å². The molecular weight excluding hydrogens is 417 g/mol. The van der Waals surface area contributed by atoms with Gasteiger partial charge in [-0.2, -0.15) is 0 Å². The van der Waals surface area contributed by atoms with Crippen molar-refractivity contribution in [3.63, 3.8) is 0 Å². The molecule has 0 aromatic carbocycles. The molecular formula is C23H48IN. The van der Waals surface area contributed by atoms with E-state index in [1.807, 2.05) is 0 Å². The van der Waals surface area contributed by atoms with Crippen LogP contribution in [0.3, 0.4) is 0 Å². The van der Waals surface area contributed by atoms with Crippen LogP contribution >= 0.6 is 22.6 Å². The number of alkyl halides is 1. The molecule has 0 heterocycles. The molecule has 5 atom stereocenters. The van der Waals surface area contributed by atoms with Gasteiger partial charge in [-0.05, 0) is 59.7 Å². The van der Waals surface area contributed by atoms with E-state index in [1.54, 1.807) is 0 Å². The lowest BCUT2D eigenvalue weighted by Crippen LogP contribution is -2.58. The molecule has 0 aliphatic rings. The van der Waals surface area contributed by atoms with Crippen LogP contribution in [0.4, 0.5) is 0 Å². The third-order valence-corrected chi connectivity index (χ3v) is 8.94. The number of hydrogen-bond donors (Lipinski definition) is 1. The van der Waals surface area contributed by atoms with Crippen molar-refractivity contribution < 1.29 is 0 Å². The monoisotopic (exact) mass is 465 g/mol. The molecule has 0 amide bonds. The molecule has 0 aliphatic carbocycles. The van der Waals surface area contributed by atoms with Crippen LogP contribution in [0.1, 0.15) is 95.9 Å². The van der Waals surface area contributed by atoms with Crippen LogP contribution < -0.4 is 5.73 Å². The van der Waals surface area contributed by atoms with E-state index in [0.717, 1.165) is 6.42 Å². The summed E-state index contributed by atoms with van der Waals surface area (Å²) < 4.78 is 0.650. The van der Waals surface area contributed by atoms with Crippen LogP contribution in [0.2, 0.25) is 0 Å². The van der Waals surface area contributed by atoms with Gasteiger partial charge >= 0.3 is 0 Å². The summed E-state index contributed by atoms with van der Waals surface area (Å²) in [6.07, 6.45) is 2.36. The minimum Gasteiger partial charge on any atom is -0.328 e. The van der Waals surface area contributed by atoms with Crippen molar-refractivity contribution in [2.75, 3.05) is 0 Å². The summed E-state index contributed by atoms with van der Waals surface area (Å²) in [5, 5.41) is 0. The van der Waals surface area contributed by atoms with Crippen molar-refractivity contribution >= 4 is 22.6 Å². The van der Waals surface area contributed by atoms with E-state index >= 15 is 0 Å². The molecule has 0 aromatic heterocycles. The third-order valence-electron chi connectivity index (χ3n) is 7.86. The highest BCUT2D eigenvalue weighted by Gasteiger charge is 2.58. The Morgan fingerprint density at radius 2 is 1.12 bits per heavy atom. The number of rotatable bonds is 10. The van der Waals surface area contributed by atoms with E-state index in [1.165, 1.54) is 6.42 Å². The number of halogens is 1. The first kappa shape index (κ1) is 25.7. The molecule has 2 heteroatoms. The van der Waals surface area contributed by atoms with Crippen molar-refractivity contribution in [2.45, 2.75) is 106 Å². The summed E-state index contributed by atoms with van der Waals surface area (Å²) in [5.74, 6) is 2.65. The van der Waals surface area contributed by atoms with Crippen LogP contribution in [0.15, 0.2) is 0 Å². The van der Waals surface area contributed by atoms with Gasteiger partial charge in [0.1, 0.15) is 0 Å². The predicted octanol–water partition coefficient (Wildman–Crippen LogP) is 7.56. The molecule has 0 fully saturated rings. The largest absolute Gasteiger partial charge is 0.328 e. The fraction of sp³-hybridized carbons (Fsp3) is 1.00. The average Bonchev–Trinajstić information content (AvgIpc) is 2.42. The molecule has 5 unspecified atom stereocenters. The zero-order valence-corrected chi connectivity index (χ0v) is 21.5. The lowest BCUT2D eigenvalue weighted by molar-refractivity contribution is -0.136. The molecule has 0 bridgehead atoms. The molecule has 1 nitrogen and oxygen atoms in total. The molecule has 0 aromatic rings. The Bertz CT molecular complexity index is 355. The standard InChI is InChI=1S/C23H48IN/c1-15(2)13-23(14-17(5)25,21(9,10)18(6)16(3)4)22(11,12)19(7)20(8)24/h15-20H,13-14,25H2,1-12H3. The van der Waals surface area contributed by atoms with Crippen LogP contribution in [-0.4, -0.2) is 9.97 Å². The van der Waals surface area contributed by atoms with Gasteiger partial charge in [-0.1, -0.05) is 98.8 Å². The summed E-state index contributed by atoms with van der Waals surface area (Å²) in [5.41, 5.74) is 7.16. The minimum absolute atomic E-state index is 0.213. The van der Waals surface area contributed by atoms with E-state index in [-0.39, 0.29) is 22.3 Å². The quantitative estimate of drug-likeness (QED) is 0.261. The van der Waals surface area contributed by atoms with E-state index in [4.69, 9.17) is 5.73 Å². The van der Waals surface area contributed by atoms with Gasteiger partial charge in [0.2, 0.25) is 0 Å². The summed E-state index contributed by atoms with van der Waals surface area (Å²) in [4.78, 5) is 0. The second-order valence-electron chi connectivity index (χ2n) is 10.8. The summed E-state index contributed by atoms with van der Waals surface area (Å²) in [7, 11) is 0. The lowest BCUT2D eigenvalue weighted by Gasteiger charge is -2.63. The highest BCUT2D eigenvalue weighted by Crippen LogP contribution is 2.64. The molecule has 0 rings (SSSR count). The SMILES string of the molecule is CC(C)CC(CC(C)N)(C(C)(C)C(C)C(C)C)C(C)(C)C(C)C(C)I. The minimum atomic E-state index is 0.213. The Hall–Kier alpha value is 0.690. The van der Waals surface area contributed by atoms with Crippen LogP contribution in [0, 0.1) is 39.9 Å². The van der Waals surface area contributed by atoms with Gasteiger partial charge in [0, 0.05) is 9.97 Å². The Kier molecular flexibility index (Phi) is 9.51. The highest BCUT2D eigenvalue weighted by atomic mass is 127. The van der Waals surface area contributed by atoms with E-state index in [0.29, 0.717) is 27.6 Å². The topological polar surface area (TPSA) is 26.0 Å². The Morgan fingerprint density at radius 3 is 1.40 bits per heavy atom. The van der Waals surface area contributed by atoms with Crippen molar-refractivity contribution in [1.29, 1.82) is 0 Å². The van der Waals surface area contributed by atoms with Gasteiger partial charge in [-0.15, -0.1) is 0 Å². The normalized spacial score (nSPS) is 21.1. The third kappa shape index (κ3) is 5.36. The zero-order chi connectivity index (χ0) is 20.4. The molecule has 0 saturated heterocycles. The molecule has 0 spiro atoms. The van der Waals surface area contributed by atoms with Crippen LogP contribution in [0.5, 0.6) is 0 Å². The van der Waals surface area contributed by atoms with Gasteiger partial charge in [-0.25, -0.2) is 0 Å². The smallest absolute Gasteiger partial charge is 0.0112 e. The van der Waals surface area contributed by atoms with Gasteiger partial charge in [-0.3, -0.25) is 0 Å². The lowest BCUT2D eigenvalue weighted by atomic mass is 9.42. The van der Waals surface area contributed by atoms with E-state index in [2.05, 4.69) is 106 Å². The van der Waals surface area contributed by atoms with Crippen LogP contribution in [-0.2, 0) is 0 Å². The maximum atomic E-state index is 6.50. The first-order chi connectivity index (χ1) is 11.0. The molecule has 2 N–H and O–H groups in total. The van der Waals surface area contributed by atoms with Crippen LogP contribution in [0.25, 0.3) is 0 Å². The summed E-state index contributed by atoms with van der Waals surface area (Å²) in [6.45, 7) is 29.2. The fourth-order valence-corrected chi connectivity index (χ4v) is 6.39. The Labute approximate surface area is 173 Å². The molecule has 152 valence electrons. The zero-order valence-electron chi connectivity index (χ0n) is 19.3. The maximum Gasteiger partial charge on any atom is 0.0112 e. The molecule has 0 radical (unpaired) electrons. The predicted molar refractivity (Wildman–Crippen MR) is 124 cm³/mol. The molecule has 25 heavy (non-hydrogen) atoms. The maximum absolute atomic E-state index is 6.50. The highest BCUT2D eigenvalue weighted by molar-refractivity contribution is 14.1. The summed E-state index contributed by atoms with van der Waals surface area (Å²) in [6, 6.07) is 0.230. The van der Waals surface area contributed by atoms with E-state index < -0.39 is 0 Å². The van der Waals surface area contributed by atoms with Crippen molar-refractivity contribution in [2.24, 2.45) is 45.7 Å². The first-order valence-electron chi connectivity index (χ1n) is 10.4. The van der Waals surface area contributed by atoms with E-state index in [9.17, 15) is 0 Å². The van der Waals surface area contributed by atoms with Gasteiger partial charge in [0.25, 0.3) is 0 Å². The summed E-state index contributed by atoms with van der Waals surface area (Å²) >= 11 is 2.63. The molecule has 0 saturated carbocycles. The van der Waals surface area contributed by atoms with Crippen molar-refractivity contribution in [1.82, 2.24) is 0 Å². The Morgan fingerprint density at radius 1 is 0.720 bits per heavy atom. The average molecular weight is 466 g/mol. The Balaban J connectivity index is 6.61. The second kappa shape index (κ2) is 9.26.